The number of benzene rings is 3. The molecule has 0 radical (unpaired) electrons. The minimum atomic E-state index is -0.672. The minimum absolute atomic E-state index is 0.105. The number of esters is 1. The van der Waals surface area contributed by atoms with Crippen LogP contribution in [0.15, 0.2) is 66.2 Å². The summed E-state index contributed by atoms with van der Waals surface area (Å²) in [7, 11) is 0. The second-order valence-electron chi connectivity index (χ2n) is 6.97. The lowest BCUT2D eigenvalue weighted by Crippen LogP contribution is -2.14. The Balaban J connectivity index is 1.71. The number of amides is 1. The van der Waals surface area contributed by atoms with Gasteiger partial charge in [0.25, 0.3) is 11.6 Å². The largest absolute Gasteiger partial charge is 0.423 e. The van der Waals surface area contributed by atoms with Crippen LogP contribution in [0.2, 0.25) is 10.0 Å². The fourth-order valence-electron chi connectivity index (χ4n) is 2.83. The number of anilines is 1. The van der Waals surface area contributed by atoms with Crippen LogP contribution in [-0.2, 0) is 4.79 Å². The van der Waals surface area contributed by atoms with Gasteiger partial charge >= 0.3 is 5.97 Å². The van der Waals surface area contributed by atoms with E-state index in [1.54, 1.807) is 19.1 Å². The minimum Gasteiger partial charge on any atom is -0.423 e. The van der Waals surface area contributed by atoms with Gasteiger partial charge in [0.2, 0.25) is 0 Å². The zero-order valence-corrected chi connectivity index (χ0v) is 19.1. The fraction of sp³-hybridized carbons (Fsp3) is 0.0417. The standard InChI is InChI=1S/C24H15Cl2N3O5/c1-14-10-18(29(32)33)5-9-22(14)28-23(30)17(13-27)11-15-2-6-19(7-3-15)34-24(31)16-4-8-20(25)21(26)12-16/h2-12H,1H3,(H,28,30). The Kier molecular flexibility index (Phi) is 7.64. The number of nitriles is 1. The van der Waals surface area contributed by atoms with Gasteiger partial charge in [-0.2, -0.15) is 5.26 Å². The molecule has 0 aromatic heterocycles. The predicted molar refractivity (Wildman–Crippen MR) is 128 cm³/mol. The number of carbonyl (C=O) groups excluding carboxylic acids is 2. The number of non-ortho nitro benzene ring substituents is 1. The van der Waals surface area contributed by atoms with E-state index in [1.165, 1.54) is 54.6 Å². The number of aryl methyl sites for hydroxylation is 1. The third-order valence-electron chi connectivity index (χ3n) is 4.59. The average Bonchev–Trinajstić information content (AvgIpc) is 2.81. The molecule has 10 heteroatoms. The van der Waals surface area contributed by atoms with E-state index in [2.05, 4.69) is 5.32 Å². The second-order valence-corrected chi connectivity index (χ2v) is 7.78. The molecule has 0 aliphatic heterocycles. The van der Waals surface area contributed by atoms with E-state index in [0.717, 1.165) is 0 Å². The number of hydrogen-bond donors (Lipinski definition) is 1. The molecule has 170 valence electrons. The maximum Gasteiger partial charge on any atom is 0.343 e. The number of carbonyl (C=O) groups is 2. The van der Waals surface area contributed by atoms with Crippen molar-refractivity contribution in [3.63, 3.8) is 0 Å². The quantitative estimate of drug-likeness (QED) is 0.112. The van der Waals surface area contributed by atoms with E-state index >= 15 is 0 Å². The molecule has 8 nitrogen and oxygen atoms in total. The number of nitro benzene ring substituents is 1. The molecule has 0 saturated heterocycles. The van der Waals surface area contributed by atoms with Gasteiger partial charge in [0, 0.05) is 17.8 Å². The SMILES string of the molecule is Cc1cc([N+](=O)[O-])ccc1NC(=O)C(C#N)=Cc1ccc(OC(=O)c2ccc(Cl)c(Cl)c2)cc1. The molecule has 3 aromatic rings. The number of hydrogen-bond acceptors (Lipinski definition) is 6. The van der Waals surface area contributed by atoms with Gasteiger partial charge in [-0.15, -0.1) is 0 Å². The van der Waals surface area contributed by atoms with Crippen LogP contribution in [-0.4, -0.2) is 16.8 Å². The Morgan fingerprint density at radius 3 is 2.35 bits per heavy atom. The Morgan fingerprint density at radius 1 is 1.06 bits per heavy atom. The molecule has 0 atom stereocenters. The van der Waals surface area contributed by atoms with E-state index in [-0.39, 0.29) is 27.6 Å². The first kappa shape index (κ1) is 24.5. The first-order chi connectivity index (χ1) is 16.2. The number of nitrogens with zero attached hydrogens (tertiary/aromatic N) is 2. The highest BCUT2D eigenvalue weighted by atomic mass is 35.5. The van der Waals surface area contributed by atoms with Crippen LogP contribution in [0.4, 0.5) is 11.4 Å². The van der Waals surface area contributed by atoms with Gasteiger partial charge in [-0.1, -0.05) is 35.3 Å². The van der Waals surface area contributed by atoms with Crippen LogP contribution in [0, 0.1) is 28.4 Å². The Bertz CT molecular complexity index is 1360. The third-order valence-corrected chi connectivity index (χ3v) is 5.33. The normalized spacial score (nSPS) is 10.8. The molecular formula is C24H15Cl2N3O5. The van der Waals surface area contributed by atoms with Crippen molar-refractivity contribution in [1.82, 2.24) is 0 Å². The number of halogens is 2. The van der Waals surface area contributed by atoms with Gasteiger partial charge < -0.3 is 10.1 Å². The third kappa shape index (κ3) is 5.98. The summed E-state index contributed by atoms with van der Waals surface area (Å²) in [5.41, 5.74) is 1.28. The van der Waals surface area contributed by atoms with Crippen LogP contribution >= 0.6 is 23.2 Å². The molecule has 0 bridgehead atoms. The van der Waals surface area contributed by atoms with Crippen molar-refractivity contribution in [2.24, 2.45) is 0 Å². The van der Waals surface area contributed by atoms with E-state index < -0.39 is 16.8 Å². The van der Waals surface area contributed by atoms with E-state index in [4.69, 9.17) is 27.9 Å². The maximum atomic E-state index is 12.5. The van der Waals surface area contributed by atoms with E-state index in [1.807, 2.05) is 6.07 Å². The Hall–Kier alpha value is -4.19. The van der Waals surface area contributed by atoms with Crippen LogP contribution in [0.5, 0.6) is 5.75 Å². The molecule has 0 saturated carbocycles. The summed E-state index contributed by atoms with van der Waals surface area (Å²) < 4.78 is 5.29. The van der Waals surface area contributed by atoms with Crippen molar-refractivity contribution in [3.8, 4) is 11.8 Å². The van der Waals surface area contributed by atoms with E-state index in [9.17, 15) is 25.0 Å². The molecular weight excluding hydrogens is 481 g/mol. The highest BCUT2D eigenvalue weighted by molar-refractivity contribution is 6.42. The van der Waals surface area contributed by atoms with Gasteiger partial charge in [-0.25, -0.2) is 4.79 Å². The van der Waals surface area contributed by atoms with Gasteiger partial charge in [0.15, 0.2) is 0 Å². The number of rotatable bonds is 6. The smallest absolute Gasteiger partial charge is 0.343 e. The van der Waals surface area contributed by atoms with Crippen LogP contribution in [0.3, 0.4) is 0 Å². The molecule has 3 rings (SSSR count). The summed E-state index contributed by atoms with van der Waals surface area (Å²) in [5, 5.41) is 23.4. The fourth-order valence-corrected chi connectivity index (χ4v) is 3.13. The summed E-state index contributed by atoms with van der Waals surface area (Å²) in [6, 6.07) is 16.3. The van der Waals surface area contributed by atoms with Gasteiger partial charge in [-0.3, -0.25) is 14.9 Å². The highest BCUT2D eigenvalue weighted by Crippen LogP contribution is 2.24. The van der Waals surface area contributed by atoms with Crippen molar-refractivity contribution in [1.29, 1.82) is 5.26 Å². The summed E-state index contributed by atoms with van der Waals surface area (Å²) in [4.78, 5) is 35.1. The summed E-state index contributed by atoms with van der Waals surface area (Å²) in [6.45, 7) is 1.61. The molecule has 0 aliphatic rings. The molecule has 0 unspecified atom stereocenters. The van der Waals surface area contributed by atoms with Gasteiger partial charge in [0.05, 0.1) is 20.5 Å². The maximum absolute atomic E-state index is 12.5. The predicted octanol–water partition coefficient (Wildman–Crippen LogP) is 5.97. The summed E-state index contributed by atoms with van der Waals surface area (Å²) in [6.07, 6.45) is 1.36. The topological polar surface area (TPSA) is 122 Å². The number of ether oxygens (including phenoxy) is 1. The number of nitrogens with one attached hydrogen (secondary N) is 1. The lowest BCUT2D eigenvalue weighted by Gasteiger charge is -2.08. The van der Waals surface area contributed by atoms with E-state index in [0.29, 0.717) is 21.8 Å². The zero-order valence-electron chi connectivity index (χ0n) is 17.5. The molecule has 3 aromatic carbocycles. The van der Waals surface area contributed by atoms with Crippen LogP contribution < -0.4 is 10.1 Å². The van der Waals surface area contributed by atoms with Crippen molar-refractivity contribution < 1.29 is 19.2 Å². The lowest BCUT2D eigenvalue weighted by atomic mass is 10.1. The van der Waals surface area contributed by atoms with Crippen molar-refractivity contribution >= 4 is 52.5 Å². The van der Waals surface area contributed by atoms with Crippen molar-refractivity contribution in [2.75, 3.05) is 5.32 Å². The molecule has 0 fully saturated rings. The molecule has 0 heterocycles. The molecule has 34 heavy (non-hydrogen) atoms. The molecule has 1 N–H and O–H groups in total. The Labute approximate surface area is 204 Å². The van der Waals surface area contributed by atoms with Gasteiger partial charge in [0.1, 0.15) is 17.4 Å². The lowest BCUT2D eigenvalue weighted by molar-refractivity contribution is -0.384. The molecule has 1 amide bonds. The molecule has 0 aliphatic carbocycles. The first-order valence-corrected chi connectivity index (χ1v) is 10.4. The summed E-state index contributed by atoms with van der Waals surface area (Å²) >= 11 is 11.8. The molecule has 0 spiro atoms. The highest BCUT2D eigenvalue weighted by Gasteiger charge is 2.14. The van der Waals surface area contributed by atoms with Crippen molar-refractivity contribution in [2.45, 2.75) is 6.92 Å². The first-order valence-electron chi connectivity index (χ1n) is 9.63. The summed E-state index contributed by atoms with van der Waals surface area (Å²) in [5.74, 6) is -1.05. The Morgan fingerprint density at radius 2 is 1.76 bits per heavy atom. The van der Waals surface area contributed by atoms with Crippen molar-refractivity contribution in [3.05, 3.63) is 103 Å². The van der Waals surface area contributed by atoms with Crippen LogP contribution in [0.25, 0.3) is 6.08 Å². The monoisotopic (exact) mass is 495 g/mol. The second kappa shape index (κ2) is 10.6. The zero-order chi connectivity index (χ0) is 24.8. The average molecular weight is 496 g/mol. The van der Waals surface area contributed by atoms with Crippen LogP contribution in [0.1, 0.15) is 21.5 Å². The number of nitro groups is 1. The van der Waals surface area contributed by atoms with Gasteiger partial charge in [-0.05, 0) is 60.5 Å².